The lowest BCUT2D eigenvalue weighted by Crippen LogP contribution is -2.29. The summed E-state index contributed by atoms with van der Waals surface area (Å²) in [6.07, 6.45) is 1.17. The summed E-state index contributed by atoms with van der Waals surface area (Å²) in [5.74, 6) is 1.32. The first-order valence-corrected chi connectivity index (χ1v) is 9.60. The number of para-hydroxylation sites is 2. The van der Waals surface area contributed by atoms with Crippen LogP contribution in [0.1, 0.15) is 28.4 Å². The number of hydrogen-bond acceptors (Lipinski definition) is 2. The minimum Gasteiger partial charge on any atom is -0.471 e. The maximum absolute atomic E-state index is 6.59. The van der Waals surface area contributed by atoms with Crippen LogP contribution in [0.3, 0.4) is 0 Å². The molecule has 0 saturated heterocycles. The van der Waals surface area contributed by atoms with E-state index in [4.69, 9.17) is 9.84 Å². The topological polar surface area (TPSA) is 32.0 Å². The molecule has 2 aliphatic heterocycles. The Bertz CT molecular complexity index is 1190. The molecule has 2 atom stereocenters. The lowest BCUT2D eigenvalue weighted by molar-refractivity contribution is 0.145. The number of hydrogen-bond donors (Lipinski definition) is 0. The summed E-state index contributed by atoms with van der Waals surface area (Å²) in [5.41, 5.74) is 7.54. The molecule has 4 aromatic rings. The summed E-state index contributed by atoms with van der Waals surface area (Å²) in [7, 11) is 0. The molecule has 27 heavy (non-hydrogen) atoms. The molecule has 0 amide bonds. The van der Waals surface area contributed by atoms with Gasteiger partial charge in [-0.25, -0.2) is 4.68 Å². The van der Waals surface area contributed by atoms with Crippen molar-refractivity contribution >= 4 is 10.9 Å². The highest BCUT2D eigenvalue weighted by atomic mass is 16.5. The molecule has 4 heterocycles. The van der Waals surface area contributed by atoms with Crippen LogP contribution in [0.25, 0.3) is 16.6 Å². The second-order valence-corrected chi connectivity index (χ2v) is 7.72. The number of nitrogens with zero attached hydrogens (tertiary/aromatic N) is 3. The van der Waals surface area contributed by atoms with Gasteiger partial charge in [-0.2, -0.15) is 5.10 Å². The number of aryl methyl sites for hydroxylation is 2. The van der Waals surface area contributed by atoms with Crippen molar-refractivity contribution in [3.05, 3.63) is 77.1 Å². The molecule has 0 fully saturated rings. The molecule has 0 radical (unpaired) electrons. The van der Waals surface area contributed by atoms with Crippen molar-refractivity contribution in [1.82, 2.24) is 14.3 Å². The van der Waals surface area contributed by atoms with Gasteiger partial charge in [0.05, 0.1) is 17.9 Å². The van der Waals surface area contributed by atoms with E-state index in [0.29, 0.717) is 5.92 Å². The first-order chi connectivity index (χ1) is 13.2. The summed E-state index contributed by atoms with van der Waals surface area (Å²) in [4.78, 5) is 0. The molecule has 0 bridgehead atoms. The quantitative estimate of drug-likeness (QED) is 0.502. The Morgan fingerprint density at radius 1 is 1.00 bits per heavy atom. The number of fused-ring (bicyclic) bond motifs is 6. The molecule has 2 aromatic heterocycles. The highest BCUT2D eigenvalue weighted by Gasteiger charge is 2.42. The van der Waals surface area contributed by atoms with E-state index in [1.165, 1.54) is 27.7 Å². The van der Waals surface area contributed by atoms with Crippen molar-refractivity contribution in [3.63, 3.8) is 0 Å². The lowest BCUT2D eigenvalue weighted by Gasteiger charge is -2.27. The third kappa shape index (κ3) is 1.95. The van der Waals surface area contributed by atoms with Crippen LogP contribution in [0.5, 0.6) is 5.88 Å². The molecule has 4 heteroatoms. The minimum absolute atomic E-state index is 0.175. The van der Waals surface area contributed by atoms with Gasteiger partial charge in [-0.15, -0.1) is 0 Å². The predicted molar refractivity (Wildman–Crippen MR) is 106 cm³/mol. The molecule has 134 valence electrons. The maximum atomic E-state index is 6.59. The molecule has 2 aliphatic rings. The second kappa shape index (κ2) is 5.26. The minimum atomic E-state index is 0.175. The Balaban J connectivity index is 1.48. The van der Waals surface area contributed by atoms with E-state index in [1.54, 1.807) is 0 Å². The van der Waals surface area contributed by atoms with E-state index in [-0.39, 0.29) is 6.10 Å². The summed E-state index contributed by atoms with van der Waals surface area (Å²) < 4.78 is 11.0. The number of rotatable bonds is 1. The first-order valence-electron chi connectivity index (χ1n) is 9.60. The summed E-state index contributed by atoms with van der Waals surface area (Å²) in [5, 5.41) is 6.16. The monoisotopic (exact) mass is 355 g/mol. The van der Waals surface area contributed by atoms with Crippen molar-refractivity contribution < 1.29 is 4.74 Å². The van der Waals surface area contributed by atoms with Crippen LogP contribution in [-0.2, 0) is 13.0 Å². The van der Waals surface area contributed by atoms with Gasteiger partial charge in [0.15, 0.2) is 0 Å². The van der Waals surface area contributed by atoms with Crippen LogP contribution in [0.15, 0.2) is 54.6 Å². The normalized spacial score (nSPS) is 20.2. The fourth-order valence-electron chi connectivity index (χ4n) is 5.00. The third-order valence-electron chi connectivity index (χ3n) is 6.26. The molecule has 0 aliphatic carbocycles. The second-order valence-electron chi connectivity index (χ2n) is 7.72. The zero-order valence-electron chi connectivity index (χ0n) is 15.5. The van der Waals surface area contributed by atoms with E-state index in [1.807, 2.05) is 22.9 Å². The van der Waals surface area contributed by atoms with Crippen LogP contribution in [-0.4, -0.2) is 20.5 Å². The smallest absolute Gasteiger partial charge is 0.220 e. The highest BCUT2D eigenvalue weighted by molar-refractivity contribution is 5.86. The highest BCUT2D eigenvalue weighted by Crippen LogP contribution is 2.46. The Morgan fingerprint density at radius 2 is 1.78 bits per heavy atom. The first kappa shape index (κ1) is 15.1. The van der Waals surface area contributed by atoms with Gasteiger partial charge in [0.25, 0.3) is 0 Å². The van der Waals surface area contributed by atoms with Crippen LogP contribution in [0.2, 0.25) is 0 Å². The molecular weight excluding hydrogens is 334 g/mol. The van der Waals surface area contributed by atoms with Crippen molar-refractivity contribution in [2.45, 2.75) is 38.8 Å². The zero-order valence-corrected chi connectivity index (χ0v) is 15.5. The Morgan fingerprint density at radius 3 is 2.63 bits per heavy atom. The fourth-order valence-corrected chi connectivity index (χ4v) is 5.00. The Hall–Kier alpha value is -3.01. The van der Waals surface area contributed by atoms with Gasteiger partial charge in [-0.05, 0) is 44.0 Å². The SMILES string of the molecule is Cc1nn(-c2ccccc2)c2c1C[C@@H]1c3c(C)c4ccccc4n3C[C@@H]1O2. The average Bonchev–Trinajstić information content (AvgIpc) is 3.32. The molecule has 6 rings (SSSR count). The molecule has 0 spiro atoms. The largest absolute Gasteiger partial charge is 0.471 e. The van der Waals surface area contributed by atoms with E-state index in [2.05, 4.69) is 54.8 Å². The van der Waals surface area contributed by atoms with Crippen LogP contribution in [0.4, 0.5) is 0 Å². The van der Waals surface area contributed by atoms with E-state index < -0.39 is 0 Å². The van der Waals surface area contributed by atoms with Gasteiger partial charge in [0.2, 0.25) is 5.88 Å². The van der Waals surface area contributed by atoms with Crippen molar-refractivity contribution in [1.29, 1.82) is 0 Å². The number of benzene rings is 2. The standard InChI is InChI=1S/C23H21N3O/c1-14-17-10-6-7-11-20(17)25-13-21-19(22(14)25)12-18-15(2)24-26(23(18)27-21)16-8-4-3-5-9-16/h3-11,19,21H,12-13H2,1-2H3/t19-,21-/m0/s1. The average molecular weight is 355 g/mol. The van der Waals surface area contributed by atoms with Crippen molar-refractivity contribution in [2.24, 2.45) is 0 Å². The summed E-state index contributed by atoms with van der Waals surface area (Å²) in [6.45, 7) is 5.26. The molecule has 4 nitrogen and oxygen atoms in total. The third-order valence-corrected chi connectivity index (χ3v) is 6.26. The fraction of sp³-hybridized carbons (Fsp3) is 0.261. The van der Waals surface area contributed by atoms with Gasteiger partial charge in [-0.3, -0.25) is 0 Å². The zero-order chi connectivity index (χ0) is 18.1. The van der Waals surface area contributed by atoms with Gasteiger partial charge in [0, 0.05) is 28.1 Å². The Kier molecular flexibility index (Phi) is 2.94. The van der Waals surface area contributed by atoms with Gasteiger partial charge in [0.1, 0.15) is 6.10 Å². The molecule has 0 unspecified atom stereocenters. The van der Waals surface area contributed by atoms with Gasteiger partial charge in [-0.1, -0.05) is 36.4 Å². The van der Waals surface area contributed by atoms with Crippen molar-refractivity contribution in [2.75, 3.05) is 0 Å². The molecular formula is C23H21N3O. The van der Waals surface area contributed by atoms with Gasteiger partial charge < -0.3 is 9.30 Å². The van der Waals surface area contributed by atoms with Gasteiger partial charge >= 0.3 is 0 Å². The maximum Gasteiger partial charge on any atom is 0.220 e. The van der Waals surface area contributed by atoms with E-state index >= 15 is 0 Å². The lowest BCUT2D eigenvalue weighted by atomic mass is 9.89. The molecule has 0 N–H and O–H groups in total. The van der Waals surface area contributed by atoms with Crippen LogP contribution < -0.4 is 4.74 Å². The van der Waals surface area contributed by atoms with Crippen LogP contribution in [0, 0.1) is 13.8 Å². The van der Waals surface area contributed by atoms with E-state index in [9.17, 15) is 0 Å². The summed E-state index contributed by atoms with van der Waals surface area (Å²) >= 11 is 0. The summed E-state index contributed by atoms with van der Waals surface area (Å²) in [6, 6.07) is 19.0. The number of ether oxygens (including phenoxy) is 1. The molecule has 0 saturated carbocycles. The Labute approximate surface area is 158 Å². The van der Waals surface area contributed by atoms with Crippen LogP contribution >= 0.6 is 0 Å². The predicted octanol–water partition coefficient (Wildman–Crippen LogP) is 4.54. The molecule has 2 aromatic carbocycles. The van der Waals surface area contributed by atoms with E-state index in [0.717, 1.165) is 30.2 Å². The number of aromatic nitrogens is 3. The van der Waals surface area contributed by atoms with Crippen molar-refractivity contribution in [3.8, 4) is 11.6 Å².